The Balaban J connectivity index is 2.34. The van der Waals surface area contributed by atoms with Crippen LogP contribution in [0.25, 0.3) is 0 Å². The van der Waals surface area contributed by atoms with Crippen molar-refractivity contribution >= 4 is 0 Å². The van der Waals surface area contributed by atoms with Gasteiger partial charge in [0.15, 0.2) is 0 Å². The molecule has 0 aromatic carbocycles. The van der Waals surface area contributed by atoms with Crippen LogP contribution in [0.15, 0.2) is 0 Å². The summed E-state index contributed by atoms with van der Waals surface area (Å²) >= 11 is 0. The Morgan fingerprint density at radius 1 is 1.50 bits per heavy atom. The Hall–Kier alpha value is -0.120. The molecule has 0 amide bonds. The normalized spacial score (nSPS) is 18.9. The van der Waals surface area contributed by atoms with Gasteiger partial charge in [-0.1, -0.05) is 6.92 Å². The van der Waals surface area contributed by atoms with E-state index in [1.807, 2.05) is 0 Å². The summed E-state index contributed by atoms with van der Waals surface area (Å²) in [5.74, 6) is 0.937. The molecule has 1 fully saturated rings. The fourth-order valence-corrected chi connectivity index (χ4v) is 1.86. The summed E-state index contributed by atoms with van der Waals surface area (Å²) in [5, 5.41) is 0. The zero-order chi connectivity index (χ0) is 10.4. The monoisotopic (exact) mass is 200 g/mol. The molecule has 0 aromatic rings. The highest BCUT2D eigenvalue weighted by atomic mass is 16.5. The van der Waals surface area contributed by atoms with Crippen LogP contribution < -0.4 is 5.73 Å². The van der Waals surface area contributed by atoms with Crippen LogP contribution in [-0.4, -0.2) is 44.3 Å². The summed E-state index contributed by atoms with van der Waals surface area (Å²) in [7, 11) is 1.75. The van der Waals surface area contributed by atoms with Crippen molar-refractivity contribution in [3.05, 3.63) is 0 Å². The average Bonchev–Trinajstić information content (AvgIpc) is 2.97. The van der Waals surface area contributed by atoms with Crippen molar-refractivity contribution in [1.29, 1.82) is 0 Å². The molecule has 1 unspecified atom stereocenters. The first-order valence-corrected chi connectivity index (χ1v) is 5.74. The number of methoxy groups -OCH3 is 1. The van der Waals surface area contributed by atoms with Gasteiger partial charge >= 0.3 is 0 Å². The van der Waals surface area contributed by atoms with Crippen molar-refractivity contribution in [2.24, 2.45) is 11.7 Å². The molecule has 1 aliphatic rings. The first kappa shape index (κ1) is 12.0. The van der Waals surface area contributed by atoms with Crippen LogP contribution in [0.5, 0.6) is 0 Å². The Kier molecular flexibility index (Phi) is 5.45. The van der Waals surface area contributed by atoms with Gasteiger partial charge in [-0.3, -0.25) is 4.90 Å². The molecule has 1 saturated carbocycles. The van der Waals surface area contributed by atoms with Gasteiger partial charge in [-0.25, -0.2) is 0 Å². The molecular weight excluding hydrogens is 176 g/mol. The standard InChI is InChI=1S/C11H24N2O/c1-3-6-13(8-10-4-5-10)11(7-12)9-14-2/h10-11H,3-9,12H2,1-2H3. The fourth-order valence-electron chi connectivity index (χ4n) is 1.86. The van der Waals surface area contributed by atoms with Crippen LogP contribution in [0.1, 0.15) is 26.2 Å². The van der Waals surface area contributed by atoms with Crippen molar-refractivity contribution in [3.63, 3.8) is 0 Å². The van der Waals surface area contributed by atoms with Gasteiger partial charge in [0.2, 0.25) is 0 Å². The van der Waals surface area contributed by atoms with Gasteiger partial charge in [-0.2, -0.15) is 0 Å². The van der Waals surface area contributed by atoms with Gasteiger partial charge in [-0.05, 0) is 31.7 Å². The second-order valence-corrected chi connectivity index (χ2v) is 4.28. The molecule has 1 aliphatic carbocycles. The van der Waals surface area contributed by atoms with E-state index in [-0.39, 0.29) is 0 Å². The molecule has 0 saturated heterocycles. The second kappa shape index (κ2) is 6.38. The van der Waals surface area contributed by atoms with Crippen molar-refractivity contribution in [3.8, 4) is 0 Å². The Morgan fingerprint density at radius 2 is 2.21 bits per heavy atom. The van der Waals surface area contributed by atoms with Crippen LogP contribution in [0, 0.1) is 5.92 Å². The zero-order valence-electron chi connectivity index (χ0n) is 9.54. The molecule has 0 spiro atoms. The maximum Gasteiger partial charge on any atom is 0.0630 e. The number of hydrogen-bond donors (Lipinski definition) is 1. The summed E-state index contributed by atoms with van der Waals surface area (Å²) < 4.78 is 5.20. The van der Waals surface area contributed by atoms with Crippen LogP contribution >= 0.6 is 0 Å². The maximum absolute atomic E-state index is 5.76. The first-order valence-electron chi connectivity index (χ1n) is 5.74. The quantitative estimate of drug-likeness (QED) is 0.637. The molecular formula is C11H24N2O. The summed E-state index contributed by atoms with van der Waals surface area (Å²) in [6, 6.07) is 0.417. The summed E-state index contributed by atoms with van der Waals surface area (Å²) in [6.45, 7) is 6.07. The van der Waals surface area contributed by atoms with Gasteiger partial charge < -0.3 is 10.5 Å². The van der Waals surface area contributed by atoms with Gasteiger partial charge in [0.25, 0.3) is 0 Å². The molecule has 0 bridgehead atoms. The SMILES string of the molecule is CCCN(CC1CC1)C(CN)COC. The number of hydrogen-bond acceptors (Lipinski definition) is 3. The maximum atomic E-state index is 5.76. The highest BCUT2D eigenvalue weighted by Gasteiger charge is 2.27. The fraction of sp³-hybridized carbons (Fsp3) is 1.00. The van der Waals surface area contributed by atoms with Crippen LogP contribution in [0.4, 0.5) is 0 Å². The lowest BCUT2D eigenvalue weighted by Crippen LogP contribution is -2.45. The molecule has 1 atom stereocenters. The topological polar surface area (TPSA) is 38.5 Å². The Labute approximate surface area is 87.6 Å². The first-order chi connectivity index (χ1) is 6.81. The van der Waals surface area contributed by atoms with Gasteiger partial charge in [0.05, 0.1) is 6.61 Å². The van der Waals surface area contributed by atoms with E-state index in [1.165, 1.54) is 25.8 Å². The van der Waals surface area contributed by atoms with Crippen molar-refractivity contribution in [1.82, 2.24) is 4.90 Å². The third-order valence-corrected chi connectivity index (χ3v) is 2.85. The van der Waals surface area contributed by atoms with E-state index in [9.17, 15) is 0 Å². The molecule has 84 valence electrons. The van der Waals surface area contributed by atoms with E-state index in [0.717, 1.165) is 19.1 Å². The van der Waals surface area contributed by atoms with Gasteiger partial charge in [0, 0.05) is 26.2 Å². The predicted molar refractivity (Wildman–Crippen MR) is 59.3 cm³/mol. The molecule has 2 N–H and O–H groups in total. The van der Waals surface area contributed by atoms with Crippen LogP contribution in [-0.2, 0) is 4.74 Å². The van der Waals surface area contributed by atoms with E-state index in [4.69, 9.17) is 10.5 Å². The summed E-state index contributed by atoms with van der Waals surface area (Å²) in [4.78, 5) is 2.50. The van der Waals surface area contributed by atoms with E-state index >= 15 is 0 Å². The van der Waals surface area contributed by atoms with E-state index in [0.29, 0.717) is 12.6 Å². The summed E-state index contributed by atoms with van der Waals surface area (Å²) in [6.07, 6.45) is 4.02. The largest absolute Gasteiger partial charge is 0.383 e. The number of ether oxygens (including phenoxy) is 1. The molecule has 0 heterocycles. The van der Waals surface area contributed by atoms with E-state index in [2.05, 4.69) is 11.8 Å². The van der Waals surface area contributed by atoms with Crippen LogP contribution in [0.3, 0.4) is 0 Å². The number of nitrogens with zero attached hydrogens (tertiary/aromatic N) is 1. The molecule has 3 heteroatoms. The van der Waals surface area contributed by atoms with Crippen molar-refractivity contribution < 1.29 is 4.74 Å². The van der Waals surface area contributed by atoms with Crippen molar-refractivity contribution in [2.45, 2.75) is 32.2 Å². The van der Waals surface area contributed by atoms with Crippen molar-refractivity contribution in [2.75, 3.05) is 33.4 Å². The molecule has 0 aliphatic heterocycles. The van der Waals surface area contributed by atoms with Gasteiger partial charge in [-0.15, -0.1) is 0 Å². The average molecular weight is 200 g/mol. The highest BCUT2D eigenvalue weighted by molar-refractivity contribution is 4.81. The number of rotatable bonds is 8. The third-order valence-electron chi connectivity index (χ3n) is 2.85. The summed E-state index contributed by atoms with van der Waals surface area (Å²) in [5.41, 5.74) is 5.76. The third kappa shape index (κ3) is 3.95. The molecule has 0 aromatic heterocycles. The minimum atomic E-state index is 0.417. The second-order valence-electron chi connectivity index (χ2n) is 4.28. The smallest absolute Gasteiger partial charge is 0.0630 e. The highest BCUT2D eigenvalue weighted by Crippen LogP contribution is 2.30. The molecule has 3 nitrogen and oxygen atoms in total. The molecule has 1 rings (SSSR count). The lowest BCUT2D eigenvalue weighted by Gasteiger charge is -2.30. The minimum absolute atomic E-state index is 0.417. The Morgan fingerprint density at radius 3 is 2.64 bits per heavy atom. The lowest BCUT2D eigenvalue weighted by atomic mass is 10.2. The number of nitrogens with two attached hydrogens (primary N) is 1. The molecule has 14 heavy (non-hydrogen) atoms. The lowest BCUT2D eigenvalue weighted by molar-refractivity contribution is 0.0906. The van der Waals surface area contributed by atoms with E-state index < -0.39 is 0 Å². The minimum Gasteiger partial charge on any atom is -0.383 e. The molecule has 0 radical (unpaired) electrons. The van der Waals surface area contributed by atoms with E-state index in [1.54, 1.807) is 7.11 Å². The zero-order valence-corrected chi connectivity index (χ0v) is 9.54. The van der Waals surface area contributed by atoms with Gasteiger partial charge in [0.1, 0.15) is 0 Å². The van der Waals surface area contributed by atoms with Crippen LogP contribution in [0.2, 0.25) is 0 Å². The predicted octanol–water partition coefficient (Wildman–Crippen LogP) is 1.08. The Bertz CT molecular complexity index is 148.